The molecule has 0 radical (unpaired) electrons. The van der Waals surface area contributed by atoms with Crippen molar-refractivity contribution in [2.45, 2.75) is 44.6 Å². The topological polar surface area (TPSA) is 29.5 Å². The first-order valence-electron chi connectivity index (χ1n) is 7.73. The quantitative estimate of drug-likeness (QED) is 0.686. The molecule has 1 amide bonds. The lowest BCUT2D eigenvalue weighted by molar-refractivity contribution is -0.135. The maximum absolute atomic E-state index is 12.4. The molecule has 116 valence electrons. The van der Waals surface area contributed by atoms with Crippen molar-refractivity contribution in [2.75, 3.05) is 19.5 Å². The fourth-order valence-electron chi connectivity index (χ4n) is 2.63. The van der Waals surface area contributed by atoms with Gasteiger partial charge in [-0.05, 0) is 49.8 Å². The monoisotopic (exact) mass is 309 g/mol. The Balaban J connectivity index is 1.85. The molecule has 0 heterocycles. The molecule has 1 fully saturated rings. The van der Waals surface area contributed by atoms with Gasteiger partial charge in [-0.25, -0.2) is 0 Å². The van der Waals surface area contributed by atoms with Gasteiger partial charge in [0, 0.05) is 24.9 Å². The molecule has 0 saturated heterocycles. The number of halogens is 1. The van der Waals surface area contributed by atoms with Gasteiger partial charge in [-0.15, -0.1) is 11.6 Å². The minimum atomic E-state index is 0.264. The lowest BCUT2D eigenvalue weighted by atomic mass is 9.91. The van der Waals surface area contributed by atoms with Crippen LogP contribution in [0, 0.1) is 0 Å². The molecule has 1 aliphatic carbocycles. The first-order chi connectivity index (χ1) is 10.2. The van der Waals surface area contributed by atoms with Crippen molar-refractivity contribution in [3.05, 3.63) is 29.8 Å². The van der Waals surface area contributed by atoms with Crippen molar-refractivity contribution in [3.8, 4) is 5.75 Å². The first-order valence-corrected chi connectivity index (χ1v) is 8.26. The Kier molecular flexibility index (Phi) is 6.37. The Hall–Kier alpha value is -1.22. The van der Waals surface area contributed by atoms with E-state index in [-0.39, 0.29) is 5.91 Å². The summed E-state index contributed by atoms with van der Waals surface area (Å²) in [4.78, 5) is 14.5. The molecule has 1 aromatic rings. The molecular formula is C17H24ClNO2. The summed E-state index contributed by atoms with van der Waals surface area (Å²) in [7, 11) is 1.66. The van der Waals surface area contributed by atoms with Crippen LogP contribution in [0.1, 0.15) is 37.7 Å². The number of carbonyl (C=O) groups excluding carboxylic acids is 1. The lowest BCUT2D eigenvalue weighted by Crippen LogP contribution is -2.44. The summed E-state index contributed by atoms with van der Waals surface area (Å²) in [6.45, 7) is 0.801. The Morgan fingerprint density at radius 2 is 2.05 bits per heavy atom. The number of benzene rings is 1. The van der Waals surface area contributed by atoms with Gasteiger partial charge in [-0.1, -0.05) is 12.1 Å². The Labute approximate surface area is 132 Å². The van der Waals surface area contributed by atoms with Crippen LogP contribution in [0.3, 0.4) is 0 Å². The van der Waals surface area contributed by atoms with Gasteiger partial charge < -0.3 is 9.64 Å². The van der Waals surface area contributed by atoms with Crippen LogP contribution in [0.2, 0.25) is 0 Å². The van der Waals surface area contributed by atoms with Gasteiger partial charge in [0.2, 0.25) is 5.91 Å². The smallest absolute Gasteiger partial charge is 0.223 e. The third-order valence-corrected chi connectivity index (χ3v) is 4.42. The predicted octanol–water partition coefficient (Wildman–Crippen LogP) is 3.64. The highest BCUT2D eigenvalue weighted by molar-refractivity contribution is 6.17. The normalized spacial score (nSPS) is 14.6. The van der Waals surface area contributed by atoms with Crippen LogP contribution in [0.5, 0.6) is 5.75 Å². The lowest BCUT2D eigenvalue weighted by Gasteiger charge is -2.37. The molecular weight excluding hydrogens is 286 g/mol. The maximum atomic E-state index is 12.4. The van der Waals surface area contributed by atoms with E-state index in [2.05, 4.69) is 4.90 Å². The predicted molar refractivity (Wildman–Crippen MR) is 86.0 cm³/mol. The van der Waals surface area contributed by atoms with Crippen molar-refractivity contribution < 1.29 is 9.53 Å². The Bertz CT molecular complexity index is 443. The second kappa shape index (κ2) is 8.28. The van der Waals surface area contributed by atoms with Crippen LogP contribution in [0.15, 0.2) is 24.3 Å². The minimum absolute atomic E-state index is 0.264. The van der Waals surface area contributed by atoms with Crippen molar-refractivity contribution in [3.63, 3.8) is 0 Å². The average molecular weight is 310 g/mol. The summed E-state index contributed by atoms with van der Waals surface area (Å²) >= 11 is 5.77. The second-order valence-corrected chi connectivity index (χ2v) is 5.94. The molecule has 0 bridgehead atoms. The molecule has 1 aliphatic rings. The van der Waals surface area contributed by atoms with Crippen molar-refractivity contribution >= 4 is 17.5 Å². The molecule has 0 unspecified atom stereocenters. The molecule has 1 aromatic carbocycles. The van der Waals surface area contributed by atoms with Gasteiger partial charge in [0.1, 0.15) is 5.75 Å². The minimum Gasteiger partial charge on any atom is -0.497 e. The fourth-order valence-corrected chi connectivity index (χ4v) is 2.75. The van der Waals surface area contributed by atoms with E-state index < -0.39 is 0 Å². The van der Waals surface area contributed by atoms with Crippen LogP contribution < -0.4 is 4.74 Å². The van der Waals surface area contributed by atoms with Gasteiger partial charge in [0.05, 0.1) is 7.11 Å². The van der Waals surface area contributed by atoms with Crippen LogP contribution in [0.25, 0.3) is 0 Å². The number of aryl methyl sites for hydroxylation is 1. The number of carbonyl (C=O) groups is 1. The van der Waals surface area contributed by atoms with Gasteiger partial charge in [-0.2, -0.15) is 0 Å². The molecule has 1 saturated carbocycles. The van der Waals surface area contributed by atoms with Crippen LogP contribution in [0.4, 0.5) is 0 Å². The van der Waals surface area contributed by atoms with Crippen molar-refractivity contribution in [2.24, 2.45) is 0 Å². The van der Waals surface area contributed by atoms with E-state index in [1.807, 2.05) is 24.3 Å². The third-order valence-electron chi connectivity index (χ3n) is 4.16. The summed E-state index contributed by atoms with van der Waals surface area (Å²) in [6, 6.07) is 8.39. The Morgan fingerprint density at radius 1 is 1.33 bits per heavy atom. The number of hydrogen-bond acceptors (Lipinski definition) is 2. The Morgan fingerprint density at radius 3 is 2.57 bits per heavy atom. The van der Waals surface area contributed by atoms with E-state index in [1.165, 1.54) is 12.0 Å². The van der Waals surface area contributed by atoms with E-state index >= 15 is 0 Å². The molecule has 4 heteroatoms. The zero-order chi connectivity index (χ0) is 15.1. The van der Waals surface area contributed by atoms with Crippen LogP contribution >= 0.6 is 11.6 Å². The zero-order valence-electron chi connectivity index (χ0n) is 12.7. The summed E-state index contributed by atoms with van der Waals surface area (Å²) in [5, 5.41) is 0. The number of amides is 1. The molecule has 2 rings (SSSR count). The summed E-state index contributed by atoms with van der Waals surface area (Å²) < 4.78 is 5.14. The van der Waals surface area contributed by atoms with Crippen molar-refractivity contribution in [1.29, 1.82) is 0 Å². The summed E-state index contributed by atoms with van der Waals surface area (Å²) in [6.07, 6.45) is 5.78. The molecule has 21 heavy (non-hydrogen) atoms. The highest BCUT2D eigenvalue weighted by Gasteiger charge is 2.27. The highest BCUT2D eigenvalue weighted by atomic mass is 35.5. The average Bonchev–Trinajstić information content (AvgIpc) is 2.47. The molecule has 3 nitrogen and oxygen atoms in total. The number of alkyl halides is 1. The number of nitrogens with zero attached hydrogens (tertiary/aromatic N) is 1. The van der Waals surface area contributed by atoms with Crippen LogP contribution in [-0.2, 0) is 11.2 Å². The molecule has 0 aromatic heterocycles. The van der Waals surface area contributed by atoms with Crippen LogP contribution in [-0.4, -0.2) is 36.4 Å². The summed E-state index contributed by atoms with van der Waals surface area (Å²) in [5.74, 6) is 1.73. The number of methoxy groups -OCH3 is 1. The molecule has 0 aliphatic heterocycles. The third kappa shape index (κ3) is 4.63. The van der Waals surface area contributed by atoms with Gasteiger partial charge in [-0.3, -0.25) is 4.79 Å². The zero-order valence-corrected chi connectivity index (χ0v) is 13.4. The summed E-state index contributed by atoms with van der Waals surface area (Å²) in [5.41, 5.74) is 1.18. The second-order valence-electron chi connectivity index (χ2n) is 5.56. The van der Waals surface area contributed by atoms with Gasteiger partial charge >= 0.3 is 0 Å². The van der Waals surface area contributed by atoms with E-state index in [0.717, 1.165) is 38.0 Å². The van der Waals surface area contributed by atoms with E-state index in [4.69, 9.17) is 16.3 Å². The van der Waals surface area contributed by atoms with Crippen molar-refractivity contribution in [1.82, 2.24) is 4.90 Å². The van der Waals surface area contributed by atoms with Gasteiger partial charge in [0.25, 0.3) is 0 Å². The van der Waals surface area contributed by atoms with Gasteiger partial charge in [0.15, 0.2) is 0 Å². The largest absolute Gasteiger partial charge is 0.497 e. The molecule has 0 N–H and O–H groups in total. The molecule has 0 spiro atoms. The van der Waals surface area contributed by atoms with E-state index in [1.54, 1.807) is 7.11 Å². The highest BCUT2D eigenvalue weighted by Crippen LogP contribution is 2.26. The number of rotatable bonds is 8. The number of hydrogen-bond donors (Lipinski definition) is 0. The maximum Gasteiger partial charge on any atom is 0.223 e. The van der Waals surface area contributed by atoms with E-state index in [0.29, 0.717) is 18.3 Å². The first kappa shape index (κ1) is 16.2. The SMILES string of the molecule is COc1ccc(CCC(=O)N(CCCCl)C2CCC2)cc1. The fraction of sp³-hybridized carbons (Fsp3) is 0.588. The van der Waals surface area contributed by atoms with E-state index in [9.17, 15) is 4.79 Å². The molecule has 0 atom stereocenters. The standard InChI is InChI=1S/C17H24ClNO2/c1-21-16-9-6-14(7-10-16)8-11-17(20)19(13-3-12-18)15-4-2-5-15/h6-7,9-10,15H,2-5,8,11-13H2,1H3. The number of ether oxygens (including phenoxy) is 1.